The number of para-hydroxylation sites is 1. The van der Waals surface area contributed by atoms with Gasteiger partial charge in [0.25, 0.3) is 5.91 Å². The topological polar surface area (TPSA) is 58.6 Å². The van der Waals surface area contributed by atoms with Gasteiger partial charge in [-0.2, -0.15) is 0 Å². The second-order valence-electron chi connectivity index (χ2n) is 5.90. The highest BCUT2D eigenvalue weighted by Gasteiger charge is 2.15. The monoisotopic (exact) mass is 372 g/mol. The molecule has 27 heavy (non-hydrogen) atoms. The molecule has 2 rings (SSSR count). The summed E-state index contributed by atoms with van der Waals surface area (Å²) in [6.07, 6.45) is 0.803. The van der Waals surface area contributed by atoms with Crippen LogP contribution >= 0.6 is 0 Å². The Kier molecular flexibility index (Phi) is 7.79. The summed E-state index contributed by atoms with van der Waals surface area (Å²) in [5.74, 6) is -0.0789. The summed E-state index contributed by atoms with van der Waals surface area (Å²) < 4.78 is 18.5. The second-order valence-corrected chi connectivity index (χ2v) is 5.90. The zero-order valence-corrected chi connectivity index (χ0v) is 15.7. The molecule has 6 heteroatoms. The number of hydrogen-bond donors (Lipinski definition) is 1. The summed E-state index contributed by atoms with van der Waals surface area (Å²) >= 11 is 0. The molecule has 0 radical (unpaired) electrons. The summed E-state index contributed by atoms with van der Waals surface area (Å²) in [7, 11) is 0. The lowest BCUT2D eigenvalue weighted by Gasteiger charge is -2.21. The Morgan fingerprint density at radius 3 is 2.44 bits per heavy atom. The van der Waals surface area contributed by atoms with E-state index in [1.54, 1.807) is 35.2 Å². The van der Waals surface area contributed by atoms with Crippen molar-refractivity contribution in [2.75, 3.05) is 24.6 Å². The molecule has 0 fully saturated rings. The fraction of sp³-hybridized carbons (Fsp3) is 0.333. The van der Waals surface area contributed by atoms with Gasteiger partial charge in [-0.1, -0.05) is 12.1 Å². The minimum atomic E-state index is -0.336. The van der Waals surface area contributed by atoms with Crippen molar-refractivity contribution in [2.24, 2.45) is 0 Å². The molecule has 0 aliphatic heterocycles. The molecule has 0 atom stereocenters. The van der Waals surface area contributed by atoms with E-state index in [4.69, 9.17) is 4.74 Å². The molecule has 144 valence electrons. The smallest absolute Gasteiger partial charge is 0.255 e. The van der Waals surface area contributed by atoms with E-state index >= 15 is 0 Å². The number of amides is 2. The van der Waals surface area contributed by atoms with Crippen molar-refractivity contribution in [1.82, 2.24) is 5.32 Å². The zero-order valence-electron chi connectivity index (χ0n) is 15.7. The third-order valence-corrected chi connectivity index (χ3v) is 4.04. The summed E-state index contributed by atoms with van der Waals surface area (Å²) in [6, 6.07) is 12.9. The van der Waals surface area contributed by atoms with E-state index in [1.165, 1.54) is 12.1 Å². The summed E-state index contributed by atoms with van der Waals surface area (Å²) in [5.41, 5.74) is 1.14. The van der Waals surface area contributed by atoms with Gasteiger partial charge in [0.2, 0.25) is 5.91 Å². The van der Waals surface area contributed by atoms with Crippen molar-refractivity contribution in [3.05, 3.63) is 59.9 Å². The minimum absolute atomic E-state index is 0.0620. The van der Waals surface area contributed by atoms with E-state index < -0.39 is 0 Å². The first-order valence-corrected chi connectivity index (χ1v) is 9.12. The van der Waals surface area contributed by atoms with E-state index in [0.717, 1.165) is 0 Å². The molecule has 0 bridgehead atoms. The number of nitrogens with one attached hydrogen (secondary N) is 1. The van der Waals surface area contributed by atoms with Crippen LogP contribution < -0.4 is 15.0 Å². The number of rotatable bonds is 9. The molecule has 0 saturated carbocycles. The van der Waals surface area contributed by atoms with Crippen LogP contribution in [-0.2, 0) is 4.79 Å². The van der Waals surface area contributed by atoms with Gasteiger partial charge in [0.15, 0.2) is 0 Å². The molecule has 2 aromatic rings. The number of benzene rings is 2. The number of carbonyl (C=O) groups excluding carboxylic acids is 2. The quantitative estimate of drug-likeness (QED) is 0.682. The van der Waals surface area contributed by atoms with Crippen LogP contribution in [0.2, 0.25) is 0 Å². The van der Waals surface area contributed by atoms with E-state index in [1.807, 2.05) is 19.9 Å². The highest BCUT2D eigenvalue weighted by atomic mass is 19.1. The summed E-state index contributed by atoms with van der Waals surface area (Å²) in [6.45, 7) is 5.09. The van der Waals surface area contributed by atoms with Crippen LogP contribution in [0.25, 0.3) is 0 Å². The second kappa shape index (κ2) is 10.3. The van der Waals surface area contributed by atoms with Crippen molar-refractivity contribution in [3.63, 3.8) is 0 Å². The fourth-order valence-electron chi connectivity index (χ4n) is 2.73. The lowest BCUT2D eigenvalue weighted by atomic mass is 10.2. The molecule has 2 amide bonds. The molecule has 0 spiro atoms. The van der Waals surface area contributed by atoms with Crippen LogP contribution in [0, 0.1) is 5.82 Å². The Morgan fingerprint density at radius 1 is 1.07 bits per heavy atom. The van der Waals surface area contributed by atoms with Gasteiger partial charge in [-0.15, -0.1) is 0 Å². The SMILES string of the molecule is CCOc1ccccc1C(=O)NCCCC(=O)N(CC)c1ccc(F)cc1. The van der Waals surface area contributed by atoms with Crippen molar-refractivity contribution < 1.29 is 18.7 Å². The van der Waals surface area contributed by atoms with E-state index in [0.29, 0.717) is 49.5 Å². The first-order valence-electron chi connectivity index (χ1n) is 9.12. The number of halogens is 1. The molecule has 0 saturated heterocycles. The molecular weight excluding hydrogens is 347 g/mol. The molecule has 0 heterocycles. The number of carbonyl (C=O) groups is 2. The average Bonchev–Trinajstić information content (AvgIpc) is 2.68. The van der Waals surface area contributed by atoms with Crippen molar-refractivity contribution >= 4 is 17.5 Å². The number of hydrogen-bond acceptors (Lipinski definition) is 3. The Bertz CT molecular complexity index is 762. The van der Waals surface area contributed by atoms with Gasteiger partial charge < -0.3 is 15.0 Å². The first kappa shape index (κ1) is 20.4. The van der Waals surface area contributed by atoms with Crippen molar-refractivity contribution in [3.8, 4) is 5.75 Å². The molecule has 2 aromatic carbocycles. The number of nitrogens with zero attached hydrogens (tertiary/aromatic N) is 1. The van der Waals surface area contributed by atoms with Gasteiger partial charge in [-0.3, -0.25) is 9.59 Å². The first-order chi connectivity index (χ1) is 13.1. The molecule has 0 aliphatic rings. The highest BCUT2D eigenvalue weighted by Crippen LogP contribution is 2.18. The predicted molar refractivity (Wildman–Crippen MR) is 104 cm³/mol. The van der Waals surface area contributed by atoms with Crippen LogP contribution in [0.3, 0.4) is 0 Å². The Balaban J connectivity index is 1.84. The third-order valence-electron chi connectivity index (χ3n) is 4.04. The molecule has 0 aliphatic carbocycles. The third kappa shape index (κ3) is 5.81. The van der Waals surface area contributed by atoms with Crippen LogP contribution in [-0.4, -0.2) is 31.5 Å². The normalized spacial score (nSPS) is 10.3. The van der Waals surface area contributed by atoms with Crippen LogP contribution in [0.4, 0.5) is 10.1 Å². The fourth-order valence-corrected chi connectivity index (χ4v) is 2.73. The summed E-state index contributed by atoms with van der Waals surface area (Å²) in [4.78, 5) is 26.3. The predicted octanol–water partition coefficient (Wildman–Crippen LogP) is 3.79. The van der Waals surface area contributed by atoms with Crippen LogP contribution in [0.15, 0.2) is 48.5 Å². The van der Waals surface area contributed by atoms with Gasteiger partial charge in [-0.25, -0.2) is 4.39 Å². The molecule has 1 N–H and O–H groups in total. The maximum absolute atomic E-state index is 13.0. The molecule has 0 aromatic heterocycles. The van der Waals surface area contributed by atoms with Crippen LogP contribution in [0.5, 0.6) is 5.75 Å². The zero-order chi connectivity index (χ0) is 19.6. The van der Waals surface area contributed by atoms with Crippen LogP contribution in [0.1, 0.15) is 37.0 Å². The number of ether oxygens (including phenoxy) is 1. The number of anilines is 1. The Morgan fingerprint density at radius 2 is 1.78 bits per heavy atom. The maximum Gasteiger partial charge on any atom is 0.255 e. The van der Waals surface area contributed by atoms with E-state index in [2.05, 4.69) is 5.32 Å². The molecule has 0 unspecified atom stereocenters. The minimum Gasteiger partial charge on any atom is -0.493 e. The van der Waals surface area contributed by atoms with Crippen molar-refractivity contribution in [1.29, 1.82) is 0 Å². The van der Waals surface area contributed by atoms with Gasteiger partial charge >= 0.3 is 0 Å². The van der Waals surface area contributed by atoms with Gasteiger partial charge in [0.05, 0.1) is 12.2 Å². The van der Waals surface area contributed by atoms with Gasteiger partial charge in [-0.05, 0) is 56.7 Å². The molecular formula is C21H25FN2O3. The van der Waals surface area contributed by atoms with E-state index in [9.17, 15) is 14.0 Å². The molecule has 5 nitrogen and oxygen atoms in total. The average molecular weight is 372 g/mol. The van der Waals surface area contributed by atoms with Gasteiger partial charge in [0, 0.05) is 25.2 Å². The lowest BCUT2D eigenvalue weighted by molar-refractivity contribution is -0.118. The lowest BCUT2D eigenvalue weighted by Crippen LogP contribution is -2.32. The standard InChI is InChI=1S/C21H25FN2O3/c1-3-24(17-13-11-16(22)12-14-17)20(25)10-7-15-23-21(26)18-8-5-6-9-19(18)27-4-2/h5-6,8-9,11-14H,3-4,7,10,15H2,1-2H3,(H,23,26). The van der Waals surface area contributed by atoms with E-state index in [-0.39, 0.29) is 17.6 Å². The Hall–Kier alpha value is -2.89. The highest BCUT2D eigenvalue weighted by molar-refractivity contribution is 5.97. The Labute approximate surface area is 159 Å². The van der Waals surface area contributed by atoms with Crippen molar-refractivity contribution in [2.45, 2.75) is 26.7 Å². The maximum atomic E-state index is 13.0. The van der Waals surface area contributed by atoms with Gasteiger partial charge in [0.1, 0.15) is 11.6 Å². The summed E-state index contributed by atoms with van der Waals surface area (Å²) in [5, 5.41) is 2.82. The largest absolute Gasteiger partial charge is 0.493 e.